The van der Waals surface area contributed by atoms with E-state index in [4.69, 9.17) is 11.6 Å². The highest BCUT2D eigenvalue weighted by Crippen LogP contribution is 2.33. The molecule has 0 aromatic heterocycles. The van der Waals surface area contributed by atoms with Gasteiger partial charge in [-0.1, -0.05) is 44.4 Å². The smallest absolute Gasteiger partial charge is 0.141 e. The van der Waals surface area contributed by atoms with E-state index in [1.54, 1.807) is 6.07 Å². The molecule has 0 spiro atoms. The summed E-state index contributed by atoms with van der Waals surface area (Å²) in [6.07, 6.45) is 5.68. The van der Waals surface area contributed by atoms with Crippen LogP contribution in [-0.4, -0.2) is 13.6 Å². The van der Waals surface area contributed by atoms with Crippen molar-refractivity contribution < 1.29 is 4.39 Å². The lowest BCUT2D eigenvalue weighted by Gasteiger charge is -2.33. The zero-order valence-electron chi connectivity index (χ0n) is 12.2. The van der Waals surface area contributed by atoms with Crippen LogP contribution in [0.4, 0.5) is 4.39 Å². The molecule has 1 N–H and O–H groups in total. The van der Waals surface area contributed by atoms with Gasteiger partial charge in [-0.05, 0) is 49.4 Å². The quantitative estimate of drug-likeness (QED) is 0.721. The van der Waals surface area contributed by atoms with Crippen LogP contribution in [0.1, 0.15) is 45.1 Å². The van der Waals surface area contributed by atoms with Crippen molar-refractivity contribution in [3.63, 3.8) is 0 Å². The lowest BCUT2D eigenvalue weighted by atomic mass is 9.75. The first-order valence-corrected chi connectivity index (χ1v) is 7.53. The molecule has 0 saturated carbocycles. The fourth-order valence-corrected chi connectivity index (χ4v) is 2.88. The van der Waals surface area contributed by atoms with Crippen molar-refractivity contribution in [2.45, 2.75) is 46.0 Å². The minimum absolute atomic E-state index is 0.224. The lowest BCUT2D eigenvalue weighted by molar-refractivity contribution is 0.235. The molecule has 0 amide bonds. The van der Waals surface area contributed by atoms with E-state index in [9.17, 15) is 4.39 Å². The minimum Gasteiger partial charge on any atom is -0.319 e. The molecule has 1 nitrogen and oxygen atoms in total. The number of unbranched alkanes of at least 4 members (excludes halogenated alkanes) is 1. The molecule has 1 aromatic rings. The van der Waals surface area contributed by atoms with Gasteiger partial charge in [-0.3, -0.25) is 0 Å². The van der Waals surface area contributed by atoms with E-state index in [1.807, 2.05) is 13.1 Å². The van der Waals surface area contributed by atoms with E-state index in [2.05, 4.69) is 19.2 Å². The second kappa shape index (κ2) is 7.86. The van der Waals surface area contributed by atoms with Crippen molar-refractivity contribution in [2.75, 3.05) is 13.6 Å². The zero-order chi connectivity index (χ0) is 14.3. The normalized spacial score (nSPS) is 14.4. The fraction of sp³-hybridized carbons (Fsp3) is 0.625. The molecule has 1 atom stereocenters. The van der Waals surface area contributed by atoms with Gasteiger partial charge in [0, 0.05) is 6.54 Å². The Morgan fingerprint density at radius 1 is 1.32 bits per heavy atom. The minimum atomic E-state index is -0.338. The maximum atomic E-state index is 13.2. The highest BCUT2D eigenvalue weighted by Gasteiger charge is 2.27. The van der Waals surface area contributed by atoms with Crippen LogP contribution in [0.3, 0.4) is 0 Å². The summed E-state index contributed by atoms with van der Waals surface area (Å²) in [6.45, 7) is 5.44. The topological polar surface area (TPSA) is 12.0 Å². The Morgan fingerprint density at radius 2 is 2.05 bits per heavy atom. The molecule has 0 heterocycles. The van der Waals surface area contributed by atoms with Crippen molar-refractivity contribution >= 4 is 11.6 Å². The predicted octanol–water partition coefficient (Wildman–Crippen LogP) is 4.83. The van der Waals surface area contributed by atoms with Gasteiger partial charge in [0.05, 0.1) is 5.02 Å². The van der Waals surface area contributed by atoms with Crippen LogP contribution >= 0.6 is 11.6 Å². The summed E-state index contributed by atoms with van der Waals surface area (Å²) in [4.78, 5) is 0. The molecule has 1 unspecified atom stereocenters. The summed E-state index contributed by atoms with van der Waals surface area (Å²) in [6, 6.07) is 5.09. The fourth-order valence-electron chi connectivity index (χ4n) is 2.68. The van der Waals surface area contributed by atoms with Gasteiger partial charge in [-0.25, -0.2) is 4.39 Å². The number of halogens is 2. The Kier molecular flexibility index (Phi) is 6.81. The molecule has 108 valence electrons. The van der Waals surface area contributed by atoms with Gasteiger partial charge < -0.3 is 5.32 Å². The second-order valence-corrected chi connectivity index (χ2v) is 5.82. The Bertz CT molecular complexity index is 394. The molecule has 3 heteroatoms. The largest absolute Gasteiger partial charge is 0.319 e. The maximum Gasteiger partial charge on any atom is 0.141 e. The Hall–Kier alpha value is -0.600. The van der Waals surface area contributed by atoms with Crippen molar-refractivity contribution in [2.24, 2.45) is 5.41 Å². The maximum absolute atomic E-state index is 13.2. The van der Waals surface area contributed by atoms with Crippen molar-refractivity contribution in [3.8, 4) is 0 Å². The van der Waals surface area contributed by atoms with E-state index in [0.29, 0.717) is 0 Å². The number of hydrogen-bond donors (Lipinski definition) is 1. The Labute approximate surface area is 121 Å². The number of rotatable bonds is 8. The van der Waals surface area contributed by atoms with Crippen LogP contribution in [0.2, 0.25) is 5.02 Å². The van der Waals surface area contributed by atoms with E-state index in [1.165, 1.54) is 25.3 Å². The summed E-state index contributed by atoms with van der Waals surface area (Å²) < 4.78 is 13.2. The Morgan fingerprint density at radius 3 is 2.58 bits per heavy atom. The molecule has 0 saturated heterocycles. The summed E-state index contributed by atoms with van der Waals surface area (Å²) >= 11 is 5.88. The third-order valence-corrected chi connectivity index (χ3v) is 4.22. The molecule has 0 fully saturated rings. The van der Waals surface area contributed by atoms with Crippen LogP contribution in [0.15, 0.2) is 18.2 Å². The number of hydrogen-bond acceptors (Lipinski definition) is 1. The molecule has 0 aliphatic heterocycles. The molecule has 0 aliphatic rings. The van der Waals surface area contributed by atoms with Crippen LogP contribution in [0, 0.1) is 11.2 Å². The van der Waals surface area contributed by atoms with Gasteiger partial charge in [0.2, 0.25) is 0 Å². The third kappa shape index (κ3) is 4.77. The first-order valence-electron chi connectivity index (χ1n) is 7.15. The molecule has 19 heavy (non-hydrogen) atoms. The van der Waals surface area contributed by atoms with Crippen LogP contribution in [0.5, 0.6) is 0 Å². The lowest BCUT2D eigenvalue weighted by Crippen LogP contribution is -2.34. The first-order chi connectivity index (χ1) is 9.06. The van der Waals surface area contributed by atoms with Gasteiger partial charge in [0.1, 0.15) is 5.82 Å². The Balaban J connectivity index is 2.88. The molecule has 0 bridgehead atoms. The average Bonchev–Trinajstić information content (AvgIpc) is 2.40. The standard InChI is InChI=1S/C16H25ClFN/c1-4-6-9-16(5-2,12-19-3)11-13-7-8-15(18)14(17)10-13/h7-8,10,19H,4-6,9,11-12H2,1-3H3. The van der Waals surface area contributed by atoms with Crippen LogP contribution < -0.4 is 5.32 Å². The highest BCUT2D eigenvalue weighted by atomic mass is 35.5. The van der Waals surface area contributed by atoms with E-state index < -0.39 is 0 Å². The van der Waals surface area contributed by atoms with Gasteiger partial charge in [0.15, 0.2) is 0 Å². The molecular formula is C16H25ClFN. The highest BCUT2D eigenvalue weighted by molar-refractivity contribution is 6.30. The van der Waals surface area contributed by atoms with E-state index in [-0.39, 0.29) is 16.3 Å². The van der Waals surface area contributed by atoms with E-state index in [0.717, 1.165) is 24.9 Å². The second-order valence-electron chi connectivity index (χ2n) is 5.41. The van der Waals surface area contributed by atoms with Crippen molar-refractivity contribution in [1.82, 2.24) is 5.32 Å². The SMILES string of the molecule is CCCCC(CC)(CNC)Cc1ccc(F)c(Cl)c1. The summed E-state index contributed by atoms with van der Waals surface area (Å²) in [5.41, 5.74) is 1.37. The van der Waals surface area contributed by atoms with Gasteiger partial charge in [-0.15, -0.1) is 0 Å². The summed E-state index contributed by atoms with van der Waals surface area (Å²) in [5.74, 6) is -0.338. The number of nitrogens with one attached hydrogen (secondary N) is 1. The van der Waals surface area contributed by atoms with Crippen LogP contribution in [0.25, 0.3) is 0 Å². The molecule has 0 radical (unpaired) electrons. The van der Waals surface area contributed by atoms with Crippen molar-refractivity contribution in [3.05, 3.63) is 34.6 Å². The summed E-state index contributed by atoms with van der Waals surface area (Å²) in [5, 5.41) is 3.53. The summed E-state index contributed by atoms with van der Waals surface area (Å²) in [7, 11) is 1.99. The van der Waals surface area contributed by atoms with Gasteiger partial charge in [-0.2, -0.15) is 0 Å². The number of benzene rings is 1. The molecular weight excluding hydrogens is 261 g/mol. The average molecular weight is 286 g/mol. The van der Waals surface area contributed by atoms with Crippen molar-refractivity contribution in [1.29, 1.82) is 0 Å². The molecule has 1 rings (SSSR count). The molecule has 0 aliphatic carbocycles. The van der Waals surface area contributed by atoms with E-state index >= 15 is 0 Å². The first kappa shape index (κ1) is 16.5. The van der Waals surface area contributed by atoms with Gasteiger partial charge in [0.25, 0.3) is 0 Å². The zero-order valence-corrected chi connectivity index (χ0v) is 13.0. The van der Waals surface area contributed by atoms with Gasteiger partial charge >= 0.3 is 0 Å². The predicted molar refractivity (Wildman–Crippen MR) is 81.3 cm³/mol. The molecule has 1 aromatic carbocycles. The van der Waals surface area contributed by atoms with Crippen LogP contribution in [-0.2, 0) is 6.42 Å². The third-order valence-electron chi connectivity index (χ3n) is 3.93. The monoisotopic (exact) mass is 285 g/mol.